The highest BCUT2D eigenvalue weighted by molar-refractivity contribution is 5.97. The fourth-order valence-electron chi connectivity index (χ4n) is 5.35. The van der Waals surface area contributed by atoms with Crippen LogP contribution in [0, 0.1) is 17.1 Å². The zero-order valence-corrected chi connectivity index (χ0v) is 21.4. The number of piperazine rings is 2. The first kappa shape index (κ1) is 25.5. The van der Waals surface area contributed by atoms with E-state index in [4.69, 9.17) is 0 Å². The molecule has 0 saturated carbocycles. The Labute approximate surface area is 223 Å². The van der Waals surface area contributed by atoms with Crippen molar-refractivity contribution in [2.75, 3.05) is 57.3 Å². The van der Waals surface area contributed by atoms with E-state index >= 15 is 0 Å². The molecule has 2 aliphatic heterocycles. The number of para-hydroxylation sites is 1. The van der Waals surface area contributed by atoms with Crippen molar-refractivity contribution in [3.05, 3.63) is 114 Å². The third-order valence-electron chi connectivity index (χ3n) is 7.37. The van der Waals surface area contributed by atoms with E-state index in [-0.39, 0.29) is 23.3 Å². The molecule has 0 N–H and O–H groups in total. The largest absolute Gasteiger partial charge is 0.373 e. The molecule has 0 aliphatic carbocycles. The maximum atomic E-state index is 14.2. The lowest BCUT2D eigenvalue weighted by molar-refractivity contribution is -0.128. The molecule has 6 nitrogen and oxygen atoms in total. The van der Waals surface area contributed by atoms with Gasteiger partial charge in [0.2, 0.25) is 0 Å². The van der Waals surface area contributed by atoms with Gasteiger partial charge in [-0.3, -0.25) is 9.69 Å². The van der Waals surface area contributed by atoms with Crippen LogP contribution in [-0.4, -0.2) is 73.0 Å². The quantitative estimate of drug-likeness (QED) is 0.367. The van der Waals surface area contributed by atoms with Gasteiger partial charge in [0.05, 0.1) is 11.7 Å². The summed E-state index contributed by atoms with van der Waals surface area (Å²) in [6.07, 6.45) is 1.68. The van der Waals surface area contributed by atoms with Gasteiger partial charge in [-0.15, -0.1) is 0 Å². The van der Waals surface area contributed by atoms with E-state index in [1.165, 1.54) is 17.2 Å². The van der Waals surface area contributed by atoms with Crippen molar-refractivity contribution in [2.45, 2.75) is 6.04 Å². The molecule has 0 spiro atoms. The van der Waals surface area contributed by atoms with E-state index < -0.39 is 0 Å². The monoisotopic (exact) mass is 509 g/mol. The van der Waals surface area contributed by atoms with Crippen LogP contribution in [0.3, 0.4) is 0 Å². The molecule has 0 aromatic heterocycles. The number of benzene rings is 3. The summed E-state index contributed by atoms with van der Waals surface area (Å²) in [7, 11) is 0. The molecule has 0 atom stereocenters. The van der Waals surface area contributed by atoms with Crippen LogP contribution in [0.1, 0.15) is 17.2 Å². The van der Waals surface area contributed by atoms with Gasteiger partial charge in [-0.1, -0.05) is 72.8 Å². The Morgan fingerprint density at radius 1 is 0.763 bits per heavy atom. The van der Waals surface area contributed by atoms with Crippen LogP contribution < -0.4 is 4.90 Å². The predicted octanol–water partition coefficient (Wildman–Crippen LogP) is 4.29. The average molecular weight is 510 g/mol. The normalized spacial score (nSPS) is 17.0. The number of halogens is 1. The second-order valence-electron chi connectivity index (χ2n) is 9.68. The Kier molecular flexibility index (Phi) is 8.01. The van der Waals surface area contributed by atoms with Gasteiger partial charge in [0, 0.05) is 58.6 Å². The first-order valence-corrected chi connectivity index (χ1v) is 13.1. The Bertz CT molecular complexity index is 1250. The number of rotatable bonds is 6. The van der Waals surface area contributed by atoms with E-state index in [0.717, 1.165) is 13.1 Å². The van der Waals surface area contributed by atoms with Crippen LogP contribution in [0.4, 0.5) is 10.1 Å². The standard InChI is InChI=1S/C31H32FN5O/c32-28-13-7-8-14-29(28)35-17-15-34(16-18-35)24-27(23-33)31(38)37-21-19-36(20-22-37)30(25-9-3-1-4-10-25)26-11-5-2-6-12-26/h1-14,24,30H,15-22H2/b27-24-. The minimum atomic E-state index is -0.231. The van der Waals surface area contributed by atoms with Crippen molar-refractivity contribution < 1.29 is 9.18 Å². The van der Waals surface area contributed by atoms with Gasteiger partial charge in [0.1, 0.15) is 17.5 Å². The maximum absolute atomic E-state index is 14.2. The zero-order valence-electron chi connectivity index (χ0n) is 21.4. The zero-order chi connectivity index (χ0) is 26.3. The molecule has 194 valence electrons. The number of nitrogens with zero attached hydrogens (tertiary/aromatic N) is 5. The van der Waals surface area contributed by atoms with Crippen LogP contribution in [0.5, 0.6) is 0 Å². The highest BCUT2D eigenvalue weighted by atomic mass is 19.1. The van der Waals surface area contributed by atoms with Gasteiger partial charge in [0.25, 0.3) is 5.91 Å². The molecule has 2 saturated heterocycles. The highest BCUT2D eigenvalue weighted by Crippen LogP contribution is 2.29. The number of hydrogen-bond donors (Lipinski definition) is 0. The molecule has 2 heterocycles. The lowest BCUT2D eigenvalue weighted by Gasteiger charge is -2.40. The summed E-state index contributed by atoms with van der Waals surface area (Å²) >= 11 is 0. The number of anilines is 1. The Balaban J connectivity index is 1.21. The predicted molar refractivity (Wildman–Crippen MR) is 147 cm³/mol. The Hall–Kier alpha value is -4.15. The van der Waals surface area contributed by atoms with Crippen molar-refractivity contribution in [2.24, 2.45) is 0 Å². The Morgan fingerprint density at radius 2 is 1.32 bits per heavy atom. The fourth-order valence-corrected chi connectivity index (χ4v) is 5.35. The fraction of sp³-hybridized carbons (Fsp3) is 0.290. The van der Waals surface area contributed by atoms with Gasteiger partial charge < -0.3 is 14.7 Å². The smallest absolute Gasteiger partial charge is 0.266 e. The van der Waals surface area contributed by atoms with Gasteiger partial charge >= 0.3 is 0 Å². The van der Waals surface area contributed by atoms with E-state index in [1.54, 1.807) is 23.2 Å². The second kappa shape index (κ2) is 11.9. The Morgan fingerprint density at radius 3 is 1.87 bits per heavy atom. The van der Waals surface area contributed by atoms with Crippen molar-refractivity contribution >= 4 is 11.6 Å². The lowest BCUT2D eigenvalue weighted by Crippen LogP contribution is -2.50. The molecule has 38 heavy (non-hydrogen) atoms. The summed E-state index contributed by atoms with van der Waals surface area (Å²) in [5.74, 6) is -0.454. The number of amides is 1. The highest BCUT2D eigenvalue weighted by Gasteiger charge is 2.29. The number of carbonyl (C=O) groups is 1. The van der Waals surface area contributed by atoms with Crippen molar-refractivity contribution in [3.63, 3.8) is 0 Å². The lowest BCUT2D eigenvalue weighted by atomic mass is 9.96. The molecular formula is C31H32FN5O. The molecular weight excluding hydrogens is 477 g/mol. The molecule has 3 aromatic rings. The van der Waals surface area contributed by atoms with E-state index in [0.29, 0.717) is 45.0 Å². The molecule has 0 bridgehead atoms. The summed E-state index contributed by atoms with van der Waals surface area (Å²) in [4.78, 5) is 21.5. The van der Waals surface area contributed by atoms with Gasteiger partial charge in [-0.05, 0) is 23.3 Å². The minimum absolute atomic E-state index is 0.117. The summed E-state index contributed by atoms with van der Waals surface area (Å²) < 4.78 is 14.2. The van der Waals surface area contributed by atoms with Gasteiger partial charge in [-0.2, -0.15) is 5.26 Å². The minimum Gasteiger partial charge on any atom is -0.373 e. The van der Waals surface area contributed by atoms with Gasteiger partial charge in [0.15, 0.2) is 0 Å². The summed E-state index contributed by atoms with van der Waals surface area (Å²) in [6.45, 7) is 5.07. The first-order valence-electron chi connectivity index (χ1n) is 13.1. The van der Waals surface area contributed by atoms with Crippen LogP contribution in [-0.2, 0) is 4.79 Å². The van der Waals surface area contributed by atoms with Crippen LogP contribution >= 0.6 is 0 Å². The maximum Gasteiger partial charge on any atom is 0.266 e. The van der Waals surface area contributed by atoms with E-state index in [9.17, 15) is 14.4 Å². The number of carbonyl (C=O) groups excluding carboxylic acids is 1. The third-order valence-corrected chi connectivity index (χ3v) is 7.37. The molecule has 5 rings (SSSR count). The molecule has 3 aromatic carbocycles. The van der Waals surface area contributed by atoms with Crippen LogP contribution in [0.25, 0.3) is 0 Å². The molecule has 2 aliphatic rings. The van der Waals surface area contributed by atoms with Crippen molar-refractivity contribution in [1.82, 2.24) is 14.7 Å². The van der Waals surface area contributed by atoms with Crippen molar-refractivity contribution in [3.8, 4) is 6.07 Å². The molecule has 1 amide bonds. The summed E-state index contributed by atoms with van der Waals surface area (Å²) in [5, 5.41) is 9.80. The second-order valence-corrected chi connectivity index (χ2v) is 9.68. The number of hydrogen-bond acceptors (Lipinski definition) is 5. The molecule has 0 unspecified atom stereocenters. The summed E-state index contributed by atoms with van der Waals surface area (Å²) in [5.41, 5.74) is 3.20. The number of nitriles is 1. The SMILES string of the molecule is N#C/C(=C/N1CCN(c2ccccc2F)CC1)C(=O)N1CCN(C(c2ccccc2)c2ccccc2)CC1. The van der Waals surface area contributed by atoms with Crippen LogP contribution in [0.15, 0.2) is 96.7 Å². The molecule has 2 fully saturated rings. The topological polar surface area (TPSA) is 53.8 Å². The van der Waals surface area contributed by atoms with E-state index in [2.05, 4.69) is 59.5 Å². The van der Waals surface area contributed by atoms with Crippen molar-refractivity contribution in [1.29, 1.82) is 5.26 Å². The average Bonchev–Trinajstić information content (AvgIpc) is 2.98. The van der Waals surface area contributed by atoms with Gasteiger partial charge in [-0.25, -0.2) is 4.39 Å². The third kappa shape index (κ3) is 5.71. The molecule has 7 heteroatoms. The summed E-state index contributed by atoms with van der Waals surface area (Å²) in [6, 6.07) is 29.9. The molecule has 0 radical (unpaired) electrons. The first-order chi connectivity index (χ1) is 18.6. The van der Waals surface area contributed by atoms with Crippen LogP contribution in [0.2, 0.25) is 0 Å². The van der Waals surface area contributed by atoms with E-state index in [1.807, 2.05) is 28.0 Å².